The van der Waals surface area contributed by atoms with Crippen LogP contribution in [-0.4, -0.2) is 52.1 Å². The summed E-state index contributed by atoms with van der Waals surface area (Å²) in [6.45, 7) is 4.29. The van der Waals surface area contributed by atoms with E-state index in [1.54, 1.807) is 12.3 Å². The van der Waals surface area contributed by atoms with E-state index in [1.807, 2.05) is 23.2 Å². The van der Waals surface area contributed by atoms with Crippen LogP contribution in [0.25, 0.3) is 0 Å². The molecule has 5 nitrogen and oxygen atoms in total. The first-order valence-corrected chi connectivity index (χ1v) is 9.85. The summed E-state index contributed by atoms with van der Waals surface area (Å²) in [5, 5.41) is 6.72. The highest BCUT2D eigenvalue weighted by molar-refractivity contribution is 5.76. The van der Waals surface area contributed by atoms with E-state index in [2.05, 4.69) is 15.1 Å². The van der Waals surface area contributed by atoms with Gasteiger partial charge in [0.1, 0.15) is 5.82 Å². The number of aromatic amines is 1. The average Bonchev–Trinajstić information content (AvgIpc) is 3.32. The van der Waals surface area contributed by atoms with Gasteiger partial charge in [0.05, 0.1) is 6.20 Å². The first-order chi connectivity index (χ1) is 13.1. The fourth-order valence-corrected chi connectivity index (χ4v) is 4.62. The standard InChI is InChI=1S/C21H27FN4O/c22-19-5-2-1-4-18(19)14-25-10-3-8-21(15-25)9-11-26(16-21)20(27)7-6-17-12-23-24-13-17/h1-2,4-5,12-13H,3,6-11,14-16H2,(H,23,24). The van der Waals surface area contributed by atoms with Crippen LogP contribution in [0.2, 0.25) is 0 Å². The van der Waals surface area contributed by atoms with Crippen molar-refractivity contribution in [3.8, 4) is 0 Å². The van der Waals surface area contributed by atoms with E-state index in [0.29, 0.717) is 13.0 Å². The molecule has 2 fully saturated rings. The Morgan fingerprint density at radius 1 is 1.22 bits per heavy atom. The van der Waals surface area contributed by atoms with Crippen LogP contribution in [0.5, 0.6) is 0 Å². The van der Waals surface area contributed by atoms with Gasteiger partial charge in [-0.25, -0.2) is 4.39 Å². The summed E-state index contributed by atoms with van der Waals surface area (Å²) in [6, 6.07) is 7.04. The van der Waals surface area contributed by atoms with E-state index in [4.69, 9.17) is 0 Å². The van der Waals surface area contributed by atoms with Crippen molar-refractivity contribution in [1.29, 1.82) is 0 Å². The van der Waals surface area contributed by atoms with Crippen LogP contribution in [0.15, 0.2) is 36.7 Å². The van der Waals surface area contributed by atoms with E-state index >= 15 is 0 Å². The minimum atomic E-state index is -0.125. The number of carbonyl (C=O) groups is 1. The van der Waals surface area contributed by atoms with Crippen molar-refractivity contribution in [3.63, 3.8) is 0 Å². The molecule has 0 aliphatic carbocycles. The molecule has 1 unspecified atom stereocenters. The largest absolute Gasteiger partial charge is 0.342 e. The average molecular weight is 370 g/mol. The van der Waals surface area contributed by atoms with Gasteiger partial charge in [-0.05, 0) is 43.9 Å². The maximum Gasteiger partial charge on any atom is 0.222 e. The van der Waals surface area contributed by atoms with Crippen molar-refractivity contribution in [1.82, 2.24) is 20.0 Å². The number of nitrogens with one attached hydrogen (secondary N) is 1. The number of carbonyl (C=O) groups excluding carboxylic acids is 1. The molecule has 2 aliphatic heterocycles. The molecule has 6 heteroatoms. The summed E-state index contributed by atoms with van der Waals surface area (Å²) in [5.74, 6) is 0.110. The van der Waals surface area contributed by atoms with E-state index in [1.165, 1.54) is 6.07 Å². The Kier molecular flexibility index (Phi) is 5.25. The third-order valence-corrected chi connectivity index (χ3v) is 6.07. The number of aryl methyl sites for hydroxylation is 1. The molecule has 2 saturated heterocycles. The first kappa shape index (κ1) is 18.2. The van der Waals surface area contributed by atoms with Crippen LogP contribution < -0.4 is 0 Å². The molecule has 27 heavy (non-hydrogen) atoms. The van der Waals surface area contributed by atoms with Gasteiger partial charge in [0.2, 0.25) is 5.91 Å². The molecule has 1 amide bonds. The Hall–Kier alpha value is -2.21. The lowest BCUT2D eigenvalue weighted by Crippen LogP contribution is -2.45. The predicted molar refractivity (Wildman–Crippen MR) is 101 cm³/mol. The lowest BCUT2D eigenvalue weighted by Gasteiger charge is -2.40. The number of hydrogen-bond acceptors (Lipinski definition) is 3. The number of aromatic nitrogens is 2. The highest BCUT2D eigenvalue weighted by Crippen LogP contribution is 2.39. The number of nitrogens with zero attached hydrogens (tertiary/aromatic N) is 3. The summed E-state index contributed by atoms with van der Waals surface area (Å²) in [6.07, 6.45) is 8.23. The zero-order valence-corrected chi connectivity index (χ0v) is 15.7. The van der Waals surface area contributed by atoms with Crippen molar-refractivity contribution in [3.05, 3.63) is 53.6 Å². The van der Waals surface area contributed by atoms with E-state index in [0.717, 1.165) is 63.0 Å². The highest BCUT2D eigenvalue weighted by Gasteiger charge is 2.42. The van der Waals surface area contributed by atoms with Gasteiger partial charge in [-0.3, -0.25) is 14.8 Å². The van der Waals surface area contributed by atoms with E-state index in [-0.39, 0.29) is 17.1 Å². The molecule has 0 saturated carbocycles. The summed E-state index contributed by atoms with van der Waals surface area (Å²) in [4.78, 5) is 17.0. The van der Waals surface area contributed by atoms with Gasteiger partial charge in [0, 0.05) is 49.8 Å². The molecule has 4 rings (SSSR count). The third-order valence-electron chi connectivity index (χ3n) is 6.07. The zero-order valence-electron chi connectivity index (χ0n) is 15.7. The Morgan fingerprint density at radius 2 is 2.11 bits per heavy atom. The maximum atomic E-state index is 14.0. The van der Waals surface area contributed by atoms with Gasteiger partial charge in [-0.1, -0.05) is 18.2 Å². The molecule has 0 radical (unpaired) electrons. The van der Waals surface area contributed by atoms with Crippen LogP contribution in [-0.2, 0) is 17.8 Å². The monoisotopic (exact) mass is 370 g/mol. The number of halogens is 1. The molecular formula is C21H27FN4O. The molecule has 1 spiro atoms. The van der Waals surface area contributed by atoms with Crippen molar-refractivity contribution >= 4 is 5.91 Å². The van der Waals surface area contributed by atoms with Crippen molar-refractivity contribution in [2.24, 2.45) is 5.41 Å². The number of piperidine rings is 1. The minimum Gasteiger partial charge on any atom is -0.342 e. The first-order valence-electron chi connectivity index (χ1n) is 9.85. The molecule has 1 aromatic heterocycles. The Morgan fingerprint density at radius 3 is 2.93 bits per heavy atom. The number of H-pyrrole nitrogens is 1. The fourth-order valence-electron chi connectivity index (χ4n) is 4.62. The quantitative estimate of drug-likeness (QED) is 0.880. The number of likely N-dealkylation sites (tertiary alicyclic amines) is 2. The van der Waals surface area contributed by atoms with Crippen LogP contribution >= 0.6 is 0 Å². The van der Waals surface area contributed by atoms with Crippen LogP contribution in [0.1, 0.15) is 36.8 Å². The van der Waals surface area contributed by atoms with Crippen LogP contribution in [0, 0.1) is 11.2 Å². The Bertz CT molecular complexity index is 778. The van der Waals surface area contributed by atoms with Crippen molar-refractivity contribution < 1.29 is 9.18 Å². The lowest BCUT2D eigenvalue weighted by atomic mass is 9.79. The highest BCUT2D eigenvalue weighted by atomic mass is 19.1. The maximum absolute atomic E-state index is 14.0. The summed E-state index contributed by atoms with van der Waals surface area (Å²) < 4.78 is 14.0. The lowest BCUT2D eigenvalue weighted by molar-refractivity contribution is -0.130. The number of amides is 1. The second-order valence-electron chi connectivity index (χ2n) is 8.08. The molecule has 144 valence electrons. The molecule has 3 heterocycles. The molecule has 0 bridgehead atoms. The van der Waals surface area contributed by atoms with Crippen LogP contribution in [0.4, 0.5) is 4.39 Å². The van der Waals surface area contributed by atoms with Crippen molar-refractivity contribution in [2.75, 3.05) is 26.2 Å². The molecule has 2 aromatic rings. The van der Waals surface area contributed by atoms with Gasteiger partial charge in [0.25, 0.3) is 0 Å². The zero-order chi connectivity index (χ0) is 18.7. The molecule has 1 aromatic carbocycles. The predicted octanol–water partition coefficient (Wildman–Crippen LogP) is 3.00. The summed E-state index contributed by atoms with van der Waals surface area (Å²) in [5.41, 5.74) is 2.01. The summed E-state index contributed by atoms with van der Waals surface area (Å²) >= 11 is 0. The van der Waals surface area contributed by atoms with Crippen LogP contribution in [0.3, 0.4) is 0 Å². The number of benzene rings is 1. The number of rotatable bonds is 5. The molecule has 1 atom stereocenters. The van der Waals surface area contributed by atoms with Gasteiger partial charge >= 0.3 is 0 Å². The molecular weight excluding hydrogens is 343 g/mol. The second-order valence-corrected chi connectivity index (χ2v) is 8.08. The SMILES string of the molecule is O=C(CCc1cn[nH]c1)N1CCC2(CCCN(Cc3ccccc3F)C2)C1. The molecule has 1 N–H and O–H groups in total. The third kappa shape index (κ3) is 4.21. The Labute approximate surface area is 159 Å². The molecule has 2 aliphatic rings. The second kappa shape index (κ2) is 7.80. The number of hydrogen-bond donors (Lipinski definition) is 1. The Balaban J connectivity index is 1.33. The fraction of sp³-hybridized carbons (Fsp3) is 0.524. The smallest absolute Gasteiger partial charge is 0.222 e. The van der Waals surface area contributed by atoms with Gasteiger partial charge in [0.15, 0.2) is 0 Å². The summed E-state index contributed by atoms with van der Waals surface area (Å²) in [7, 11) is 0. The van der Waals surface area contributed by atoms with Gasteiger partial charge in [-0.15, -0.1) is 0 Å². The van der Waals surface area contributed by atoms with Crippen molar-refractivity contribution in [2.45, 2.75) is 38.6 Å². The van der Waals surface area contributed by atoms with Gasteiger partial charge < -0.3 is 4.90 Å². The van der Waals surface area contributed by atoms with E-state index < -0.39 is 0 Å². The normalized spacial score (nSPS) is 23.2. The topological polar surface area (TPSA) is 52.2 Å². The van der Waals surface area contributed by atoms with Gasteiger partial charge in [-0.2, -0.15) is 5.10 Å². The minimum absolute atomic E-state index is 0.125. The van der Waals surface area contributed by atoms with E-state index in [9.17, 15) is 9.18 Å².